The minimum absolute atomic E-state index is 0.0115. The largest absolute Gasteiger partial charge is 0.489 e. The first kappa shape index (κ1) is 21.1. The van der Waals surface area contributed by atoms with Gasteiger partial charge in [-0.1, -0.05) is 35.9 Å². The SMILES string of the molecule is CN(C)C(c1cc(Cl)cc(COc2ccccc2CC(=O)O)c1)C(F)(F)F. The third-order valence-corrected chi connectivity index (χ3v) is 4.05. The van der Waals surface area contributed by atoms with Crippen molar-refractivity contribution < 1.29 is 27.8 Å². The van der Waals surface area contributed by atoms with E-state index in [-0.39, 0.29) is 23.6 Å². The molecule has 0 fully saturated rings. The predicted molar refractivity (Wildman–Crippen MR) is 96.0 cm³/mol. The summed E-state index contributed by atoms with van der Waals surface area (Å²) in [5.74, 6) is -0.642. The van der Waals surface area contributed by atoms with Gasteiger partial charge in [0, 0.05) is 10.6 Å². The van der Waals surface area contributed by atoms with Crippen LogP contribution in [0.25, 0.3) is 0 Å². The zero-order chi connectivity index (χ0) is 20.2. The van der Waals surface area contributed by atoms with Crippen LogP contribution in [-0.2, 0) is 17.8 Å². The van der Waals surface area contributed by atoms with E-state index in [0.717, 1.165) is 4.90 Å². The van der Waals surface area contributed by atoms with E-state index in [4.69, 9.17) is 21.4 Å². The van der Waals surface area contributed by atoms with Crippen molar-refractivity contribution in [1.82, 2.24) is 4.90 Å². The number of hydrogen-bond acceptors (Lipinski definition) is 3. The summed E-state index contributed by atoms with van der Waals surface area (Å²) in [7, 11) is 2.69. The van der Waals surface area contributed by atoms with Crippen molar-refractivity contribution in [2.75, 3.05) is 14.1 Å². The van der Waals surface area contributed by atoms with Gasteiger partial charge in [0.2, 0.25) is 0 Å². The van der Waals surface area contributed by atoms with Gasteiger partial charge in [-0.15, -0.1) is 0 Å². The third kappa shape index (κ3) is 5.87. The summed E-state index contributed by atoms with van der Waals surface area (Å²) in [6.07, 6.45) is -4.67. The smallest absolute Gasteiger partial charge is 0.408 e. The first-order chi connectivity index (χ1) is 12.6. The number of nitrogens with zero attached hydrogens (tertiary/aromatic N) is 1. The molecule has 0 bridgehead atoms. The number of carboxylic acid groups (broad SMARTS) is 1. The van der Waals surface area contributed by atoms with Gasteiger partial charge in [-0.2, -0.15) is 13.2 Å². The lowest BCUT2D eigenvalue weighted by Gasteiger charge is -2.27. The van der Waals surface area contributed by atoms with Crippen LogP contribution in [0, 0.1) is 0 Å². The molecule has 2 rings (SSSR count). The second kappa shape index (κ2) is 8.63. The highest BCUT2D eigenvalue weighted by atomic mass is 35.5. The van der Waals surface area contributed by atoms with Crippen molar-refractivity contribution >= 4 is 17.6 Å². The molecule has 0 saturated heterocycles. The molecule has 0 aromatic heterocycles. The maximum absolute atomic E-state index is 13.4. The molecule has 0 aliphatic carbocycles. The van der Waals surface area contributed by atoms with E-state index in [0.29, 0.717) is 16.9 Å². The fourth-order valence-electron chi connectivity index (χ4n) is 2.81. The van der Waals surface area contributed by atoms with Gasteiger partial charge < -0.3 is 9.84 Å². The Hall–Kier alpha value is -2.25. The maximum Gasteiger partial charge on any atom is 0.408 e. The van der Waals surface area contributed by atoms with E-state index < -0.39 is 18.2 Å². The number of rotatable bonds is 7. The first-order valence-corrected chi connectivity index (χ1v) is 8.40. The molecule has 1 atom stereocenters. The maximum atomic E-state index is 13.4. The van der Waals surface area contributed by atoms with Crippen LogP contribution in [0.3, 0.4) is 0 Å². The Morgan fingerprint density at radius 2 is 1.89 bits per heavy atom. The fraction of sp³-hybridized carbons (Fsp3) is 0.316. The van der Waals surface area contributed by atoms with Gasteiger partial charge in [-0.25, -0.2) is 0 Å². The predicted octanol–water partition coefficient (Wildman–Crippen LogP) is 4.71. The summed E-state index contributed by atoms with van der Waals surface area (Å²) < 4.78 is 45.8. The molecule has 27 heavy (non-hydrogen) atoms. The Morgan fingerprint density at radius 3 is 2.48 bits per heavy atom. The number of benzene rings is 2. The van der Waals surface area contributed by atoms with Crippen molar-refractivity contribution in [3.05, 3.63) is 64.2 Å². The van der Waals surface area contributed by atoms with Crippen molar-refractivity contribution in [3.63, 3.8) is 0 Å². The van der Waals surface area contributed by atoms with Gasteiger partial charge in [-0.3, -0.25) is 9.69 Å². The van der Waals surface area contributed by atoms with E-state index in [1.165, 1.54) is 32.3 Å². The summed E-state index contributed by atoms with van der Waals surface area (Å²) in [6.45, 7) is -0.0395. The van der Waals surface area contributed by atoms with Crippen molar-refractivity contribution in [3.8, 4) is 5.75 Å². The highest BCUT2D eigenvalue weighted by Crippen LogP contribution is 2.37. The molecular weight excluding hydrogens is 383 g/mol. The number of ether oxygens (including phenoxy) is 1. The Bertz CT molecular complexity index is 809. The van der Waals surface area contributed by atoms with Gasteiger partial charge in [0.15, 0.2) is 0 Å². The van der Waals surface area contributed by atoms with Crippen molar-refractivity contribution in [2.45, 2.75) is 25.2 Å². The topological polar surface area (TPSA) is 49.8 Å². The minimum Gasteiger partial charge on any atom is -0.489 e. The lowest BCUT2D eigenvalue weighted by atomic mass is 10.0. The average molecular weight is 402 g/mol. The molecule has 8 heteroatoms. The van der Waals surface area contributed by atoms with Crippen LogP contribution in [0.5, 0.6) is 5.75 Å². The van der Waals surface area contributed by atoms with Gasteiger partial charge in [0.1, 0.15) is 18.4 Å². The number of para-hydroxylation sites is 1. The molecule has 0 amide bonds. The monoisotopic (exact) mass is 401 g/mol. The van der Waals surface area contributed by atoms with E-state index in [9.17, 15) is 18.0 Å². The number of halogens is 4. The summed E-state index contributed by atoms with van der Waals surface area (Å²) >= 11 is 6.01. The normalized spacial score (nSPS) is 12.9. The first-order valence-electron chi connectivity index (χ1n) is 8.03. The van der Waals surface area contributed by atoms with E-state index in [1.807, 2.05) is 0 Å². The van der Waals surface area contributed by atoms with Crippen LogP contribution < -0.4 is 4.74 Å². The number of carboxylic acids is 1. The molecule has 4 nitrogen and oxygen atoms in total. The summed E-state index contributed by atoms with van der Waals surface area (Å²) in [4.78, 5) is 12.0. The molecule has 0 heterocycles. The summed E-state index contributed by atoms with van der Waals surface area (Å²) in [5, 5.41) is 9.12. The quantitative estimate of drug-likeness (QED) is 0.730. The Labute approximate surface area is 160 Å². The average Bonchev–Trinajstić information content (AvgIpc) is 2.51. The van der Waals surface area contributed by atoms with Crippen molar-refractivity contribution in [1.29, 1.82) is 0 Å². The molecule has 0 spiro atoms. The second-order valence-corrected chi connectivity index (χ2v) is 6.70. The molecule has 0 radical (unpaired) electrons. The minimum atomic E-state index is -4.46. The molecule has 0 saturated carbocycles. The molecular formula is C19H19ClF3NO3. The molecule has 0 aliphatic heterocycles. The number of carbonyl (C=O) groups is 1. The molecule has 2 aromatic carbocycles. The van der Waals surface area contributed by atoms with Crippen LogP contribution in [0.4, 0.5) is 13.2 Å². The fourth-order valence-corrected chi connectivity index (χ4v) is 3.08. The van der Waals surface area contributed by atoms with E-state index in [2.05, 4.69) is 0 Å². The Balaban J connectivity index is 2.26. The number of hydrogen-bond donors (Lipinski definition) is 1. The second-order valence-electron chi connectivity index (χ2n) is 6.27. The van der Waals surface area contributed by atoms with Crippen LogP contribution in [-0.4, -0.2) is 36.2 Å². The van der Waals surface area contributed by atoms with Crippen LogP contribution in [0.1, 0.15) is 22.7 Å². The highest BCUT2D eigenvalue weighted by molar-refractivity contribution is 6.30. The van der Waals surface area contributed by atoms with Gasteiger partial charge >= 0.3 is 12.1 Å². The Morgan fingerprint density at radius 1 is 1.22 bits per heavy atom. The van der Waals surface area contributed by atoms with Gasteiger partial charge in [-0.05, 0) is 43.4 Å². The zero-order valence-electron chi connectivity index (χ0n) is 14.8. The van der Waals surface area contributed by atoms with Crippen LogP contribution >= 0.6 is 11.6 Å². The molecule has 1 N–H and O–H groups in total. The van der Waals surface area contributed by atoms with Crippen molar-refractivity contribution in [2.24, 2.45) is 0 Å². The molecule has 0 aliphatic rings. The van der Waals surface area contributed by atoms with Crippen LogP contribution in [0.2, 0.25) is 5.02 Å². The summed E-state index contributed by atoms with van der Waals surface area (Å²) in [6, 6.07) is 9.01. The number of aliphatic carboxylic acids is 1. The molecule has 2 aromatic rings. The zero-order valence-corrected chi connectivity index (χ0v) is 15.5. The Kier molecular flexibility index (Phi) is 6.73. The van der Waals surface area contributed by atoms with Gasteiger partial charge in [0.25, 0.3) is 0 Å². The van der Waals surface area contributed by atoms with Crippen LogP contribution in [0.15, 0.2) is 42.5 Å². The molecule has 146 valence electrons. The molecule has 1 unspecified atom stereocenters. The number of alkyl halides is 3. The van der Waals surface area contributed by atoms with E-state index >= 15 is 0 Å². The van der Waals surface area contributed by atoms with E-state index in [1.54, 1.807) is 24.3 Å². The third-order valence-electron chi connectivity index (χ3n) is 3.83. The standard InChI is InChI=1S/C19H19ClF3NO3/c1-24(2)18(19(21,22)23)14-7-12(8-15(20)9-14)11-27-16-6-4-3-5-13(16)10-17(25)26/h3-9,18H,10-11H2,1-2H3,(H,25,26). The summed E-state index contributed by atoms with van der Waals surface area (Å²) in [5.41, 5.74) is 0.949. The lowest BCUT2D eigenvalue weighted by Crippen LogP contribution is -2.33. The highest BCUT2D eigenvalue weighted by Gasteiger charge is 2.42. The lowest BCUT2D eigenvalue weighted by molar-refractivity contribution is -0.179. The van der Waals surface area contributed by atoms with Gasteiger partial charge in [0.05, 0.1) is 6.42 Å².